The van der Waals surface area contributed by atoms with Gasteiger partial charge in [0.05, 0.1) is 6.04 Å². The normalized spacial score (nSPS) is 18.5. The molecule has 0 spiro atoms. The van der Waals surface area contributed by atoms with Crippen LogP contribution < -0.4 is 5.32 Å². The lowest BCUT2D eigenvalue weighted by atomic mass is 9.88. The second-order valence-electron chi connectivity index (χ2n) is 5.98. The minimum Gasteiger partial charge on any atom is -0.382 e. The standard InChI is InChI=1S/C16H25NO/c1-11(2)17-12(3)16(18)15-9-8-13-6-4-5-7-14(13)10-15/h8-12,16-18H,4-7H2,1-3H3/p+1/t12-,16-/m1/s1. The minimum atomic E-state index is -0.361. The van der Waals surface area contributed by atoms with Crippen LogP contribution in [-0.4, -0.2) is 17.2 Å². The zero-order valence-electron chi connectivity index (χ0n) is 11.8. The summed E-state index contributed by atoms with van der Waals surface area (Å²) in [5, 5.41) is 12.6. The molecular formula is C16H26NO+. The van der Waals surface area contributed by atoms with Crippen molar-refractivity contribution in [1.29, 1.82) is 0 Å². The van der Waals surface area contributed by atoms with Crippen molar-refractivity contribution >= 4 is 0 Å². The lowest BCUT2D eigenvalue weighted by Gasteiger charge is -2.22. The van der Waals surface area contributed by atoms with Gasteiger partial charge in [0, 0.05) is 0 Å². The fourth-order valence-corrected chi connectivity index (χ4v) is 2.95. The Labute approximate surface area is 110 Å². The number of hydrogen-bond donors (Lipinski definition) is 2. The van der Waals surface area contributed by atoms with Gasteiger partial charge in [-0.05, 0) is 63.1 Å². The molecular weight excluding hydrogens is 222 g/mol. The Kier molecular flexibility index (Phi) is 4.41. The van der Waals surface area contributed by atoms with Crippen LogP contribution in [0.3, 0.4) is 0 Å². The summed E-state index contributed by atoms with van der Waals surface area (Å²) in [6.45, 7) is 6.43. The van der Waals surface area contributed by atoms with Crippen molar-refractivity contribution in [2.45, 2.75) is 64.6 Å². The summed E-state index contributed by atoms with van der Waals surface area (Å²) in [5.41, 5.74) is 4.02. The van der Waals surface area contributed by atoms with Crippen molar-refractivity contribution in [1.82, 2.24) is 0 Å². The molecule has 0 aliphatic heterocycles. The van der Waals surface area contributed by atoms with Crippen molar-refractivity contribution < 1.29 is 10.4 Å². The van der Waals surface area contributed by atoms with Crippen LogP contribution in [0.25, 0.3) is 0 Å². The Hall–Kier alpha value is -0.860. The average molecular weight is 248 g/mol. The maximum atomic E-state index is 10.4. The van der Waals surface area contributed by atoms with Crippen molar-refractivity contribution in [2.75, 3.05) is 0 Å². The second-order valence-corrected chi connectivity index (χ2v) is 5.98. The molecule has 1 aromatic carbocycles. The molecule has 0 fully saturated rings. The molecule has 1 aliphatic carbocycles. The van der Waals surface area contributed by atoms with Gasteiger partial charge in [0.1, 0.15) is 12.1 Å². The van der Waals surface area contributed by atoms with Crippen molar-refractivity contribution in [3.63, 3.8) is 0 Å². The van der Waals surface area contributed by atoms with Crippen LogP contribution in [0.1, 0.15) is 56.4 Å². The van der Waals surface area contributed by atoms with E-state index >= 15 is 0 Å². The Morgan fingerprint density at radius 2 is 1.72 bits per heavy atom. The molecule has 0 bridgehead atoms. The van der Waals surface area contributed by atoms with Crippen LogP contribution in [0.5, 0.6) is 0 Å². The lowest BCUT2D eigenvalue weighted by Crippen LogP contribution is -2.94. The third kappa shape index (κ3) is 3.12. The SMILES string of the molecule is CC(C)[NH2+][C@H](C)[C@@H](O)c1ccc2c(c1)CCCC2. The Morgan fingerprint density at radius 3 is 2.39 bits per heavy atom. The molecule has 1 aromatic rings. The molecule has 0 unspecified atom stereocenters. The van der Waals surface area contributed by atoms with E-state index in [0.717, 1.165) is 5.56 Å². The van der Waals surface area contributed by atoms with E-state index in [1.165, 1.54) is 36.8 Å². The molecule has 3 N–H and O–H groups in total. The first-order valence-corrected chi connectivity index (χ1v) is 7.22. The van der Waals surface area contributed by atoms with Crippen LogP contribution in [0.4, 0.5) is 0 Å². The number of aliphatic hydroxyl groups excluding tert-OH is 1. The first kappa shape index (κ1) is 13.6. The molecule has 0 saturated carbocycles. The Bertz CT molecular complexity index is 400. The maximum Gasteiger partial charge on any atom is 0.130 e. The number of aliphatic hydroxyl groups is 1. The van der Waals surface area contributed by atoms with Crippen molar-refractivity contribution in [2.24, 2.45) is 0 Å². The highest BCUT2D eigenvalue weighted by molar-refractivity contribution is 5.35. The van der Waals surface area contributed by atoms with Crippen LogP contribution >= 0.6 is 0 Å². The highest BCUT2D eigenvalue weighted by Gasteiger charge is 2.21. The van der Waals surface area contributed by atoms with E-state index in [2.05, 4.69) is 44.3 Å². The monoisotopic (exact) mass is 248 g/mol. The quantitative estimate of drug-likeness (QED) is 0.839. The number of benzene rings is 1. The number of aryl methyl sites for hydroxylation is 2. The summed E-state index contributed by atoms with van der Waals surface area (Å²) in [4.78, 5) is 0. The zero-order chi connectivity index (χ0) is 13.1. The molecule has 0 radical (unpaired) electrons. The molecule has 18 heavy (non-hydrogen) atoms. The van der Waals surface area contributed by atoms with Gasteiger partial charge in [-0.2, -0.15) is 0 Å². The summed E-state index contributed by atoms with van der Waals surface area (Å²) < 4.78 is 0. The molecule has 1 aliphatic rings. The molecule has 2 rings (SSSR count). The number of fused-ring (bicyclic) bond motifs is 1. The van der Waals surface area contributed by atoms with Gasteiger partial charge in [-0.15, -0.1) is 0 Å². The van der Waals surface area contributed by atoms with Gasteiger partial charge in [0.2, 0.25) is 0 Å². The first-order chi connectivity index (χ1) is 8.58. The predicted octanol–water partition coefficient (Wildman–Crippen LogP) is 1.96. The second kappa shape index (κ2) is 5.85. The van der Waals surface area contributed by atoms with E-state index in [1.54, 1.807) is 0 Å². The summed E-state index contributed by atoms with van der Waals surface area (Å²) in [6.07, 6.45) is 4.63. The van der Waals surface area contributed by atoms with Gasteiger partial charge in [-0.25, -0.2) is 0 Å². The smallest absolute Gasteiger partial charge is 0.130 e. The van der Waals surface area contributed by atoms with E-state index in [4.69, 9.17) is 0 Å². The molecule has 0 heterocycles. The van der Waals surface area contributed by atoms with E-state index < -0.39 is 0 Å². The molecule has 2 nitrogen and oxygen atoms in total. The number of nitrogens with two attached hydrogens (primary N) is 1. The number of rotatable bonds is 4. The van der Waals surface area contributed by atoms with Crippen molar-refractivity contribution in [3.8, 4) is 0 Å². The van der Waals surface area contributed by atoms with E-state index in [-0.39, 0.29) is 12.1 Å². The maximum absolute atomic E-state index is 10.4. The summed E-state index contributed by atoms with van der Waals surface area (Å²) in [6, 6.07) is 7.29. The van der Waals surface area contributed by atoms with E-state index in [1.807, 2.05) is 0 Å². The summed E-state index contributed by atoms with van der Waals surface area (Å²) >= 11 is 0. The fraction of sp³-hybridized carbons (Fsp3) is 0.625. The van der Waals surface area contributed by atoms with Crippen molar-refractivity contribution in [3.05, 3.63) is 34.9 Å². The van der Waals surface area contributed by atoms with Gasteiger partial charge in [0.15, 0.2) is 0 Å². The first-order valence-electron chi connectivity index (χ1n) is 7.22. The van der Waals surface area contributed by atoms with Gasteiger partial charge < -0.3 is 10.4 Å². The fourth-order valence-electron chi connectivity index (χ4n) is 2.95. The third-order valence-electron chi connectivity index (χ3n) is 3.90. The van der Waals surface area contributed by atoms with Gasteiger partial charge in [-0.1, -0.05) is 18.2 Å². The van der Waals surface area contributed by atoms with Gasteiger partial charge >= 0.3 is 0 Å². The van der Waals surface area contributed by atoms with Gasteiger partial charge in [0.25, 0.3) is 0 Å². The molecule has 100 valence electrons. The van der Waals surface area contributed by atoms with Crippen LogP contribution in [0.2, 0.25) is 0 Å². The molecule has 0 saturated heterocycles. The molecule has 0 amide bonds. The highest BCUT2D eigenvalue weighted by atomic mass is 16.3. The zero-order valence-corrected chi connectivity index (χ0v) is 11.8. The summed E-state index contributed by atoms with van der Waals surface area (Å²) in [7, 11) is 0. The van der Waals surface area contributed by atoms with Crippen LogP contribution in [0.15, 0.2) is 18.2 Å². The highest BCUT2D eigenvalue weighted by Crippen LogP contribution is 2.25. The number of quaternary nitrogens is 1. The molecule has 2 heteroatoms. The summed E-state index contributed by atoms with van der Waals surface area (Å²) in [5.74, 6) is 0. The third-order valence-corrected chi connectivity index (χ3v) is 3.90. The Morgan fingerprint density at radius 1 is 1.06 bits per heavy atom. The minimum absolute atomic E-state index is 0.214. The van der Waals surface area contributed by atoms with Crippen LogP contribution in [-0.2, 0) is 12.8 Å². The average Bonchev–Trinajstić information content (AvgIpc) is 2.36. The largest absolute Gasteiger partial charge is 0.382 e. The molecule has 2 atom stereocenters. The molecule has 0 aromatic heterocycles. The van der Waals surface area contributed by atoms with E-state index in [9.17, 15) is 5.11 Å². The number of hydrogen-bond acceptors (Lipinski definition) is 1. The van der Waals surface area contributed by atoms with E-state index in [0.29, 0.717) is 6.04 Å². The van der Waals surface area contributed by atoms with Gasteiger partial charge in [-0.3, -0.25) is 0 Å². The van der Waals surface area contributed by atoms with Crippen LogP contribution in [0, 0.1) is 0 Å². The topological polar surface area (TPSA) is 36.8 Å². The lowest BCUT2D eigenvalue weighted by molar-refractivity contribution is -0.720. The predicted molar refractivity (Wildman–Crippen MR) is 74.6 cm³/mol. The Balaban J connectivity index is 2.12.